The van der Waals surface area contributed by atoms with Crippen LogP contribution < -0.4 is 11.1 Å². The van der Waals surface area contributed by atoms with Crippen molar-refractivity contribution in [2.24, 2.45) is 164 Å². The van der Waals surface area contributed by atoms with Gasteiger partial charge >= 0.3 is 6.18 Å². The molecule has 0 aliphatic heterocycles. The quantitative estimate of drug-likeness (QED) is 0.0311. The van der Waals surface area contributed by atoms with Crippen LogP contribution in [-0.4, -0.2) is 157 Å². The summed E-state index contributed by atoms with van der Waals surface area (Å²) in [7, 11) is 11.3. The highest BCUT2D eigenvalue weighted by atomic mass is 32.2. The zero-order valence-electron chi connectivity index (χ0n) is 111. The minimum atomic E-state index is -4.02. The molecule has 0 aromatic heterocycles. The molecule has 0 bridgehead atoms. The molecule has 0 spiro atoms. The molecule has 6 N–H and O–H groups in total. The largest absolute Gasteiger partial charge is 0.396 e. The van der Waals surface area contributed by atoms with Gasteiger partial charge < -0.3 is 50.2 Å². The maximum Gasteiger partial charge on any atom is 0.391 e. The molecule has 0 amide bonds. The number of ether oxygens (including phenoxy) is 4. The highest BCUT2D eigenvalue weighted by Crippen LogP contribution is 2.37. The van der Waals surface area contributed by atoms with E-state index in [4.69, 9.17) is 34.9 Å². The summed E-state index contributed by atoms with van der Waals surface area (Å²) in [5.41, 5.74) is 6.46. The third-order valence-corrected chi connectivity index (χ3v) is 24.1. The van der Waals surface area contributed by atoms with Gasteiger partial charge in [-0.05, 0) is 273 Å². The van der Waals surface area contributed by atoms with Crippen molar-refractivity contribution in [3.05, 3.63) is 0 Å². The molecule has 2 fully saturated rings. The van der Waals surface area contributed by atoms with Gasteiger partial charge in [0.2, 0.25) is 6.43 Å². The first-order valence-electron chi connectivity index (χ1n) is 57.3. The van der Waals surface area contributed by atoms with Gasteiger partial charge in [0.05, 0.1) is 36.9 Å². The van der Waals surface area contributed by atoms with Crippen LogP contribution in [0.2, 0.25) is 0 Å². The van der Waals surface area contributed by atoms with Gasteiger partial charge in [-0.1, -0.05) is 491 Å². The predicted molar refractivity (Wildman–Crippen MR) is 692 cm³/mol. The summed E-state index contributed by atoms with van der Waals surface area (Å²) in [6.07, 6.45) is 16.6. The van der Waals surface area contributed by atoms with Gasteiger partial charge in [-0.25, -0.2) is 8.78 Å². The molecule has 3 unspecified atom stereocenters. The molecule has 2 saturated carbocycles. The Kier molecular flexibility index (Phi) is 207. The summed E-state index contributed by atoms with van der Waals surface area (Å²) in [5.74, 6) is 15.8. The molecule has 2 aliphatic carbocycles. The van der Waals surface area contributed by atoms with E-state index in [1.165, 1.54) is 116 Å². The summed E-state index contributed by atoms with van der Waals surface area (Å²) >= 11 is 1.91. The monoisotopic (exact) mass is 2180 g/mol. The summed E-state index contributed by atoms with van der Waals surface area (Å²) in [6, 6.07) is 1.04. The lowest BCUT2D eigenvalue weighted by Gasteiger charge is -2.31. The van der Waals surface area contributed by atoms with E-state index in [1.54, 1.807) is 42.1 Å². The minimum absolute atomic E-state index is 0. The predicted octanol–water partition coefficient (Wildman–Crippen LogP) is 45.1. The van der Waals surface area contributed by atoms with Crippen LogP contribution in [0.15, 0.2) is 0 Å². The first kappa shape index (κ1) is 215. The second-order valence-corrected chi connectivity index (χ2v) is 52.6. The number of nitrogens with one attached hydrogen (secondary N) is 1. The van der Waals surface area contributed by atoms with E-state index in [0.29, 0.717) is 89.8 Å². The van der Waals surface area contributed by atoms with Gasteiger partial charge in [-0.2, -0.15) is 24.9 Å². The highest BCUT2D eigenvalue weighted by molar-refractivity contribution is 7.98. The Morgan fingerprint density at radius 1 is 0.399 bits per heavy atom. The number of nitrogens with two attached hydrogens (primary N) is 1. The summed E-state index contributed by atoms with van der Waals surface area (Å²) in [6.45, 7) is 136. The molecule has 0 aromatic rings. The van der Waals surface area contributed by atoms with E-state index in [9.17, 15) is 27.1 Å². The average molecular weight is 2180 g/mol. The summed E-state index contributed by atoms with van der Waals surface area (Å²) in [4.78, 5) is 2.17. The second-order valence-electron chi connectivity index (χ2n) is 51.7. The number of halogens is 5. The molecule has 0 heterocycles. The molecule has 940 valence electrons. The Hall–Kier alpha value is -0.400. The summed E-state index contributed by atoms with van der Waals surface area (Å²) in [5, 5.41) is 29.6. The van der Waals surface area contributed by atoms with Gasteiger partial charge in [0.15, 0.2) is 0 Å². The molecular weight excluding hydrogens is 1870 g/mol. The van der Waals surface area contributed by atoms with Crippen molar-refractivity contribution in [2.45, 2.75) is 620 Å². The van der Waals surface area contributed by atoms with E-state index < -0.39 is 30.0 Å². The molecule has 2 aliphatic rings. The molecule has 0 radical (unpaired) electrons. The molecule has 10 nitrogen and oxygen atoms in total. The highest BCUT2D eigenvalue weighted by Gasteiger charge is 2.37. The van der Waals surface area contributed by atoms with Crippen LogP contribution in [0, 0.1) is 158 Å². The number of alkyl halides is 5. The van der Waals surface area contributed by atoms with Gasteiger partial charge in [0.25, 0.3) is 0 Å². The van der Waals surface area contributed by atoms with Crippen molar-refractivity contribution in [3.63, 3.8) is 0 Å². The van der Waals surface area contributed by atoms with Crippen molar-refractivity contribution in [3.8, 4) is 0 Å². The van der Waals surface area contributed by atoms with E-state index in [1.807, 2.05) is 88.0 Å². The Balaban J connectivity index is -0.0000000439. The Labute approximate surface area is 950 Å². The fraction of sp³-hybridized carbons (Fsp3) is 1.00. The molecule has 0 aromatic carbocycles. The lowest BCUT2D eigenvalue weighted by molar-refractivity contribution is -0.180. The van der Waals surface area contributed by atoms with Crippen LogP contribution in [0.5, 0.6) is 0 Å². The van der Waals surface area contributed by atoms with Crippen molar-refractivity contribution < 1.29 is 56.2 Å². The van der Waals surface area contributed by atoms with E-state index in [-0.39, 0.29) is 64.0 Å². The summed E-state index contributed by atoms with van der Waals surface area (Å²) < 4.78 is 77.0. The normalized spacial score (nSPS) is 12.2. The number of rotatable bonds is 34. The number of nitrogens with zero attached hydrogens (tertiary/aromatic N) is 1. The van der Waals surface area contributed by atoms with Gasteiger partial charge in [-0.15, -0.1) is 0 Å². The first-order valence-corrected chi connectivity index (χ1v) is 58.7. The molecule has 2 rings (SSSR count). The third-order valence-electron chi connectivity index (χ3n) is 23.1. The zero-order chi connectivity index (χ0) is 118. The number of aliphatic hydroxyl groups is 3. The van der Waals surface area contributed by atoms with Gasteiger partial charge in [-0.3, -0.25) is 0 Å². The van der Waals surface area contributed by atoms with E-state index in [0.717, 1.165) is 115 Å². The number of unbranched alkanes of at least 4 members (excludes halogenated alkanes) is 1. The molecule has 3 atom stereocenters. The van der Waals surface area contributed by atoms with Gasteiger partial charge in [0.1, 0.15) is 0 Å². The van der Waals surface area contributed by atoms with Crippen LogP contribution >= 0.6 is 11.8 Å². The number of thioether (sulfide) groups is 1. The molecule has 148 heavy (non-hydrogen) atoms. The van der Waals surface area contributed by atoms with Crippen LogP contribution in [0.4, 0.5) is 22.0 Å². The number of methoxy groups -OCH3 is 3. The Bertz CT molecular complexity index is 1900. The Morgan fingerprint density at radius 3 is 0.743 bits per heavy atom. The lowest BCUT2D eigenvalue weighted by Crippen LogP contribution is -2.36. The standard InChI is InChI=1S/C8H18O.C8H18.C7H14.3C7H16.C6H11F3.C6H14O2.C6H14O.C6H12.3C6H14.3C5H13N.3C5H12O.C5H12S.C4H8F2.7CH4/c1-6(2)8(5,9)7(3)4;1-7(2)6-8(3,4)5;1-6(2)5-7-3-4-7;2*1-6(2)7(3,4)5;1-4-5-6-7(2)3;1-4(2)5(3)6(7,8)9;1-6(2)8-5-4-7-3;1-6(2)4-5-7-3;1-5(2)6-3-4-6;1-5(2)6(3)4;2*1-4-5-6(2)3;1-5(2)6(3)4;1-5(2)4-6-3;1-4(2)5(3)6;1-5(2)4-6-3;1-5(2)3-4-6;1-4(2)5(3)6;1-5(2)4-6-3;1-3(2)4(5)6;;;;;;;/h6-7,9H,1-5H3;7H,6H2,1-5H3;6-7H,3-5H2,1-2H3;2*6H,1-5H3;7H,4-6H2,1-3H3;4-5H,1-3H3;6H,4-5H2,1-3H3;6H,4-5H2,1-3H3;5-6H,3-4H2,1-2H3;5-6H,1-4H3;2*6H,4-5H2,1-3H3;5H,1-4H3;5-6H,4H2,1-3H3;4-5H,6H2,1-3H3;5H,4H2,1-3H3;5-6H,3-4H2,1-2H3;4-6H,1-3H3;5H,4H2,1-3H3;3-4H,1-2H3;7*1H4. The van der Waals surface area contributed by atoms with Crippen molar-refractivity contribution in [2.75, 3.05) is 94.1 Å². The lowest BCUT2D eigenvalue weighted by atomic mass is 9.82. The number of hydrogen-bond acceptors (Lipinski definition) is 11. The van der Waals surface area contributed by atoms with E-state index >= 15 is 0 Å². The Morgan fingerprint density at radius 2 is 0.703 bits per heavy atom. The number of hydrogen-bond donors (Lipinski definition) is 5. The molecule has 0 saturated heterocycles. The fourth-order valence-corrected chi connectivity index (χ4v) is 8.54. The smallest absolute Gasteiger partial charge is 0.391 e. The van der Waals surface area contributed by atoms with Crippen LogP contribution in [0.3, 0.4) is 0 Å². The van der Waals surface area contributed by atoms with Crippen molar-refractivity contribution >= 4 is 11.8 Å². The zero-order valence-corrected chi connectivity index (χ0v) is 111. The van der Waals surface area contributed by atoms with E-state index in [2.05, 4.69) is 349 Å². The van der Waals surface area contributed by atoms with Crippen LogP contribution in [0.25, 0.3) is 0 Å². The van der Waals surface area contributed by atoms with Gasteiger partial charge in [0, 0.05) is 59.2 Å². The average Bonchev–Trinajstić information content (AvgIpc) is 1.51. The van der Waals surface area contributed by atoms with Crippen molar-refractivity contribution in [1.82, 2.24) is 10.2 Å². The van der Waals surface area contributed by atoms with Crippen LogP contribution in [-0.2, 0) is 18.9 Å². The number of aliphatic hydroxyl groups excluding tert-OH is 2. The SMILES string of the molecule is C.C.C.C.C.C.C.CC(C)C(C)(C)C.CC(C)C(C)(C)C.CC(C)C(C)(O)C(C)C.CC(C)C(C)C.CC(C)C(C)C(F)(F)F.CC(C)C(C)N.CC(C)C(C)O.CC(C)C(F)F.CC(C)C1CC1.CC(C)CC(C)(C)C.CC(C)CC1CC1.CC(C)CCO.CC(C)N(C)C.CCCC(C)C.CCCC(C)C.CCCCC(C)C.CNCC(C)C.COCC(C)C.COCCC(C)C.COCCOC(C)C.CSCC(C)C. The van der Waals surface area contributed by atoms with Crippen LogP contribution in [0.1, 0.15) is 578 Å². The van der Waals surface area contributed by atoms with Crippen molar-refractivity contribution in [1.29, 1.82) is 0 Å². The topological polar surface area (TPSA) is 139 Å². The fourth-order valence-electron chi connectivity index (χ4n) is 7.87. The molecule has 16 heteroatoms. The molecular formula is C132H314F5N3O7S. The first-order chi connectivity index (χ1) is 63.3. The minimum Gasteiger partial charge on any atom is -0.396 e. The third kappa shape index (κ3) is 284. The maximum absolute atomic E-state index is 11.7. The second kappa shape index (κ2) is 143. The maximum atomic E-state index is 11.7.